The van der Waals surface area contributed by atoms with Gasteiger partial charge in [0.15, 0.2) is 0 Å². The Morgan fingerprint density at radius 2 is 1.88 bits per heavy atom. The number of benzene rings is 2. The van der Waals surface area contributed by atoms with E-state index >= 15 is 0 Å². The first-order valence-corrected chi connectivity index (χ1v) is 8.95. The summed E-state index contributed by atoms with van der Waals surface area (Å²) in [7, 11) is 3.78. The summed E-state index contributed by atoms with van der Waals surface area (Å²) in [6, 6.07) is 12.0. The molecule has 6 heteroatoms. The van der Waals surface area contributed by atoms with Gasteiger partial charge < -0.3 is 5.32 Å². The molecule has 0 saturated heterocycles. The predicted molar refractivity (Wildman–Crippen MR) is 105 cm³/mol. The first kappa shape index (κ1) is 18.4. The maximum Gasteiger partial charge on any atom is 0.258 e. The van der Waals surface area contributed by atoms with Crippen molar-refractivity contribution >= 4 is 34.4 Å². The molecular weight excluding hydrogens is 349 g/mol. The van der Waals surface area contributed by atoms with Crippen LogP contribution < -0.4 is 5.32 Å². The molecule has 1 aromatic heterocycles. The SMILES string of the molecule is Cc1cc(C)c2cc(NC(=O)c3cc(SN(C)C)ccc3F)ccc2n1. The summed E-state index contributed by atoms with van der Waals surface area (Å²) in [6.07, 6.45) is 0. The molecule has 0 fully saturated rings. The fourth-order valence-electron chi connectivity index (χ4n) is 2.78. The van der Waals surface area contributed by atoms with E-state index in [-0.39, 0.29) is 5.56 Å². The second-order valence-corrected chi connectivity index (χ2v) is 7.70. The van der Waals surface area contributed by atoms with E-state index < -0.39 is 11.7 Å². The second kappa shape index (κ2) is 7.43. The maximum absolute atomic E-state index is 14.1. The first-order valence-electron chi connectivity index (χ1n) is 8.17. The van der Waals surface area contributed by atoms with Crippen LogP contribution in [0.15, 0.2) is 47.4 Å². The number of nitrogens with zero attached hydrogens (tertiary/aromatic N) is 2. The normalized spacial score (nSPS) is 11.2. The zero-order valence-electron chi connectivity index (χ0n) is 15.1. The highest BCUT2D eigenvalue weighted by Crippen LogP contribution is 2.25. The van der Waals surface area contributed by atoms with Gasteiger partial charge in [0.1, 0.15) is 5.82 Å². The number of hydrogen-bond donors (Lipinski definition) is 1. The van der Waals surface area contributed by atoms with Crippen LogP contribution in [-0.4, -0.2) is 29.3 Å². The molecule has 1 amide bonds. The van der Waals surface area contributed by atoms with Gasteiger partial charge in [0.2, 0.25) is 0 Å². The largest absolute Gasteiger partial charge is 0.322 e. The van der Waals surface area contributed by atoms with Crippen LogP contribution in [0.1, 0.15) is 21.6 Å². The third kappa shape index (κ3) is 4.03. The number of aryl methyl sites for hydroxylation is 2. The summed E-state index contributed by atoms with van der Waals surface area (Å²) in [5.41, 5.74) is 3.54. The highest BCUT2D eigenvalue weighted by Gasteiger charge is 2.14. The molecular formula is C20H20FN3OS. The zero-order valence-corrected chi connectivity index (χ0v) is 15.9. The van der Waals surface area contributed by atoms with Crippen LogP contribution in [0, 0.1) is 19.7 Å². The molecule has 0 atom stereocenters. The molecule has 0 bridgehead atoms. The van der Waals surface area contributed by atoms with Crippen LogP contribution in [0.25, 0.3) is 10.9 Å². The Labute approximate surface area is 156 Å². The molecule has 134 valence electrons. The predicted octanol–water partition coefficient (Wildman–Crippen LogP) is 4.81. The van der Waals surface area contributed by atoms with Crippen molar-refractivity contribution in [3.63, 3.8) is 0 Å². The molecule has 1 N–H and O–H groups in total. The van der Waals surface area contributed by atoms with Crippen LogP contribution in [0.4, 0.5) is 10.1 Å². The van der Waals surface area contributed by atoms with Gasteiger partial charge in [-0.2, -0.15) is 0 Å². The van der Waals surface area contributed by atoms with E-state index in [1.807, 2.05) is 50.4 Å². The average molecular weight is 369 g/mol. The molecule has 3 rings (SSSR count). The topological polar surface area (TPSA) is 45.2 Å². The van der Waals surface area contributed by atoms with Crippen LogP contribution in [0.5, 0.6) is 0 Å². The van der Waals surface area contributed by atoms with Crippen molar-refractivity contribution in [2.75, 3.05) is 19.4 Å². The molecule has 2 aromatic carbocycles. The maximum atomic E-state index is 14.1. The Kier molecular flexibility index (Phi) is 5.25. The van der Waals surface area contributed by atoms with Crippen LogP contribution in [0.2, 0.25) is 0 Å². The average Bonchev–Trinajstić information content (AvgIpc) is 2.56. The number of aromatic nitrogens is 1. The molecule has 3 aromatic rings. The third-order valence-corrected chi connectivity index (χ3v) is 4.70. The lowest BCUT2D eigenvalue weighted by Crippen LogP contribution is -2.14. The molecule has 0 aliphatic heterocycles. The molecule has 26 heavy (non-hydrogen) atoms. The Morgan fingerprint density at radius 3 is 2.62 bits per heavy atom. The molecule has 0 spiro atoms. The minimum atomic E-state index is -0.542. The minimum Gasteiger partial charge on any atom is -0.322 e. The van der Waals surface area contributed by atoms with Crippen molar-refractivity contribution < 1.29 is 9.18 Å². The molecule has 1 heterocycles. The van der Waals surface area contributed by atoms with Gasteiger partial charge in [0.25, 0.3) is 5.91 Å². The third-order valence-electron chi connectivity index (χ3n) is 3.87. The zero-order chi connectivity index (χ0) is 18.8. The van der Waals surface area contributed by atoms with Crippen molar-refractivity contribution in [2.45, 2.75) is 18.7 Å². The number of carbonyl (C=O) groups is 1. The number of fused-ring (bicyclic) bond motifs is 1. The van der Waals surface area contributed by atoms with E-state index in [1.165, 1.54) is 18.0 Å². The van der Waals surface area contributed by atoms with Crippen molar-refractivity contribution in [2.24, 2.45) is 0 Å². The highest BCUT2D eigenvalue weighted by atomic mass is 32.2. The minimum absolute atomic E-state index is 0.0238. The van der Waals surface area contributed by atoms with Gasteiger partial charge in [-0.25, -0.2) is 4.39 Å². The van der Waals surface area contributed by atoms with E-state index in [4.69, 9.17) is 0 Å². The first-order chi connectivity index (χ1) is 12.3. The van der Waals surface area contributed by atoms with Gasteiger partial charge in [0, 0.05) is 21.7 Å². The van der Waals surface area contributed by atoms with Gasteiger partial charge in [-0.3, -0.25) is 14.1 Å². The van der Waals surface area contributed by atoms with Gasteiger partial charge >= 0.3 is 0 Å². The summed E-state index contributed by atoms with van der Waals surface area (Å²) in [5.74, 6) is -1.01. The number of anilines is 1. The van der Waals surface area contributed by atoms with E-state index in [9.17, 15) is 9.18 Å². The number of nitrogens with one attached hydrogen (secondary N) is 1. The number of amides is 1. The van der Waals surface area contributed by atoms with Crippen molar-refractivity contribution in [1.82, 2.24) is 9.29 Å². The van der Waals surface area contributed by atoms with E-state index in [1.54, 1.807) is 18.2 Å². The summed E-state index contributed by atoms with van der Waals surface area (Å²) < 4.78 is 16.0. The molecule has 0 radical (unpaired) electrons. The van der Waals surface area contributed by atoms with Crippen molar-refractivity contribution in [3.8, 4) is 0 Å². The van der Waals surface area contributed by atoms with Crippen molar-refractivity contribution in [1.29, 1.82) is 0 Å². The molecule has 0 aliphatic rings. The Hall–Kier alpha value is -2.44. The summed E-state index contributed by atoms with van der Waals surface area (Å²) in [5, 5.41) is 3.75. The van der Waals surface area contributed by atoms with E-state index in [0.29, 0.717) is 5.69 Å². The molecule has 0 aliphatic carbocycles. The van der Waals surface area contributed by atoms with Gasteiger partial charge in [-0.1, -0.05) is 0 Å². The van der Waals surface area contributed by atoms with Crippen LogP contribution in [0.3, 0.4) is 0 Å². The van der Waals surface area contributed by atoms with E-state index in [2.05, 4.69) is 10.3 Å². The highest BCUT2D eigenvalue weighted by molar-refractivity contribution is 7.97. The summed E-state index contributed by atoms with van der Waals surface area (Å²) in [6.45, 7) is 3.95. The Balaban J connectivity index is 1.89. The van der Waals surface area contributed by atoms with Gasteiger partial charge in [-0.15, -0.1) is 0 Å². The number of carbonyl (C=O) groups excluding carboxylic acids is 1. The van der Waals surface area contributed by atoms with Gasteiger partial charge in [-0.05, 0) is 87.9 Å². The fourth-order valence-corrected chi connectivity index (χ4v) is 3.51. The van der Waals surface area contributed by atoms with Gasteiger partial charge in [0.05, 0.1) is 11.1 Å². The summed E-state index contributed by atoms with van der Waals surface area (Å²) in [4.78, 5) is 17.8. The van der Waals surface area contributed by atoms with Crippen LogP contribution >= 0.6 is 11.9 Å². The lowest BCUT2D eigenvalue weighted by Gasteiger charge is -2.12. The lowest BCUT2D eigenvalue weighted by molar-refractivity contribution is 0.102. The smallest absolute Gasteiger partial charge is 0.258 e. The Morgan fingerprint density at radius 1 is 1.12 bits per heavy atom. The monoisotopic (exact) mass is 369 g/mol. The molecule has 0 unspecified atom stereocenters. The number of rotatable bonds is 4. The van der Waals surface area contributed by atoms with Crippen LogP contribution in [-0.2, 0) is 0 Å². The van der Waals surface area contributed by atoms with E-state index in [0.717, 1.165) is 27.1 Å². The summed E-state index contributed by atoms with van der Waals surface area (Å²) >= 11 is 1.43. The number of pyridine rings is 1. The molecule has 4 nitrogen and oxygen atoms in total. The quantitative estimate of drug-likeness (QED) is 0.670. The Bertz CT molecular complexity index is 988. The fraction of sp³-hybridized carbons (Fsp3) is 0.200. The second-order valence-electron chi connectivity index (χ2n) is 6.31. The number of hydrogen-bond acceptors (Lipinski definition) is 4. The lowest BCUT2D eigenvalue weighted by atomic mass is 10.1. The van der Waals surface area contributed by atoms with Crippen molar-refractivity contribution in [3.05, 3.63) is 65.1 Å². The number of halogens is 1. The standard InChI is InChI=1S/C20H20FN3OS/c1-12-9-13(2)22-19-8-5-14(10-16(12)19)23-20(25)17-11-15(26-24(3)4)6-7-18(17)21/h5-11H,1-4H3,(H,23,25). The molecule has 0 saturated carbocycles.